The summed E-state index contributed by atoms with van der Waals surface area (Å²) in [6, 6.07) is 10.1. The van der Waals surface area contributed by atoms with Crippen LogP contribution >= 0.6 is 22.3 Å². The molecule has 0 spiro atoms. The lowest BCUT2D eigenvalue weighted by atomic mass is 10.1. The molecule has 0 aliphatic rings. The molecular weight excluding hydrogens is 281 g/mol. The molecule has 3 nitrogen and oxygen atoms in total. The molecule has 0 radical (unpaired) electrons. The van der Waals surface area contributed by atoms with Gasteiger partial charge in [0, 0.05) is 27.5 Å². The minimum atomic E-state index is -3.73. The van der Waals surface area contributed by atoms with Gasteiger partial charge in [-0.15, -0.1) is 0 Å². The van der Waals surface area contributed by atoms with Gasteiger partial charge in [-0.05, 0) is 24.3 Å². The maximum Gasteiger partial charge on any atom is 0.262 e. The zero-order chi connectivity index (χ0) is 12.5. The summed E-state index contributed by atoms with van der Waals surface area (Å²) in [5.41, 5.74) is 1.45. The number of rotatable bonds is 2. The third kappa shape index (κ3) is 2.97. The summed E-state index contributed by atoms with van der Waals surface area (Å²) in [4.78, 5) is 4.01. The second-order valence-corrected chi connectivity index (χ2v) is 6.33. The van der Waals surface area contributed by atoms with Crippen molar-refractivity contribution in [3.8, 4) is 11.3 Å². The number of benzene rings is 1. The van der Waals surface area contributed by atoms with Crippen molar-refractivity contribution in [2.75, 3.05) is 0 Å². The van der Waals surface area contributed by atoms with E-state index in [1.807, 2.05) is 6.07 Å². The van der Waals surface area contributed by atoms with E-state index in [0.29, 0.717) is 10.7 Å². The molecule has 17 heavy (non-hydrogen) atoms. The zero-order valence-corrected chi connectivity index (χ0v) is 10.8. The van der Waals surface area contributed by atoms with Crippen LogP contribution in [0.1, 0.15) is 0 Å². The van der Waals surface area contributed by atoms with Crippen molar-refractivity contribution in [3.05, 3.63) is 47.6 Å². The summed E-state index contributed by atoms with van der Waals surface area (Å²) >= 11 is 5.85. The van der Waals surface area contributed by atoms with Crippen molar-refractivity contribution < 1.29 is 8.42 Å². The number of hydrogen-bond donors (Lipinski definition) is 0. The first-order chi connectivity index (χ1) is 7.97. The summed E-state index contributed by atoms with van der Waals surface area (Å²) in [6.07, 6.45) is 1.22. The van der Waals surface area contributed by atoms with E-state index in [9.17, 15) is 8.42 Å². The Kier molecular flexibility index (Phi) is 3.38. The van der Waals surface area contributed by atoms with Gasteiger partial charge in [0.25, 0.3) is 9.05 Å². The van der Waals surface area contributed by atoms with Gasteiger partial charge in [0.2, 0.25) is 0 Å². The second kappa shape index (κ2) is 4.64. The van der Waals surface area contributed by atoms with Crippen LogP contribution in [0.4, 0.5) is 0 Å². The molecule has 2 rings (SSSR count). The summed E-state index contributed by atoms with van der Waals surface area (Å²) in [5.74, 6) is 0. The molecule has 0 aliphatic carbocycles. The highest BCUT2D eigenvalue weighted by Gasteiger charge is 2.10. The van der Waals surface area contributed by atoms with Gasteiger partial charge >= 0.3 is 0 Å². The molecule has 0 fully saturated rings. The molecule has 0 amide bonds. The van der Waals surface area contributed by atoms with Gasteiger partial charge in [0.15, 0.2) is 0 Å². The summed E-state index contributed by atoms with van der Waals surface area (Å²) < 4.78 is 22.1. The van der Waals surface area contributed by atoms with Crippen molar-refractivity contribution >= 4 is 31.3 Å². The predicted molar refractivity (Wildman–Crippen MR) is 67.7 cm³/mol. The first-order valence-electron chi connectivity index (χ1n) is 4.63. The highest BCUT2D eigenvalue weighted by molar-refractivity contribution is 8.13. The van der Waals surface area contributed by atoms with E-state index in [2.05, 4.69) is 4.98 Å². The molecule has 0 atom stereocenters. The van der Waals surface area contributed by atoms with Crippen LogP contribution in [0.25, 0.3) is 11.3 Å². The van der Waals surface area contributed by atoms with Crippen LogP contribution in [-0.2, 0) is 9.05 Å². The van der Waals surface area contributed by atoms with Crippen LogP contribution in [0, 0.1) is 0 Å². The second-order valence-electron chi connectivity index (χ2n) is 3.33. The van der Waals surface area contributed by atoms with Crippen LogP contribution in [0.5, 0.6) is 0 Å². The third-order valence-corrected chi connectivity index (χ3v) is 3.71. The Hall–Kier alpha value is -1.10. The van der Waals surface area contributed by atoms with Gasteiger partial charge in [-0.25, -0.2) is 8.42 Å². The van der Waals surface area contributed by atoms with Gasteiger partial charge < -0.3 is 0 Å². The Morgan fingerprint density at radius 1 is 1.12 bits per heavy atom. The quantitative estimate of drug-likeness (QED) is 0.796. The SMILES string of the molecule is O=S(=O)(Cl)c1ccc(-c2cccc(Cl)c2)nc1. The normalized spacial score (nSPS) is 11.4. The number of hydrogen-bond acceptors (Lipinski definition) is 3. The molecule has 0 saturated heterocycles. The molecule has 0 unspecified atom stereocenters. The fraction of sp³-hybridized carbons (Fsp3) is 0. The van der Waals surface area contributed by atoms with E-state index in [-0.39, 0.29) is 4.90 Å². The molecule has 0 saturated carbocycles. The smallest absolute Gasteiger partial charge is 0.255 e. The maximum absolute atomic E-state index is 11.0. The third-order valence-electron chi connectivity index (χ3n) is 2.14. The summed E-state index contributed by atoms with van der Waals surface area (Å²) in [7, 11) is 1.47. The molecule has 0 bridgehead atoms. The van der Waals surface area contributed by atoms with Gasteiger partial charge in [0.05, 0.1) is 5.69 Å². The number of halogens is 2. The summed E-state index contributed by atoms with van der Waals surface area (Å²) in [5, 5.41) is 0.596. The number of nitrogens with zero attached hydrogens (tertiary/aromatic N) is 1. The lowest BCUT2D eigenvalue weighted by molar-refractivity contribution is 0.609. The van der Waals surface area contributed by atoms with Crippen LogP contribution in [0.3, 0.4) is 0 Å². The summed E-state index contributed by atoms with van der Waals surface area (Å²) in [6.45, 7) is 0. The first kappa shape index (κ1) is 12.4. The van der Waals surface area contributed by atoms with E-state index >= 15 is 0 Å². The minimum Gasteiger partial charge on any atom is -0.255 e. The van der Waals surface area contributed by atoms with Gasteiger partial charge in [-0.2, -0.15) is 0 Å². The Morgan fingerprint density at radius 3 is 2.41 bits per heavy atom. The number of pyridine rings is 1. The van der Waals surface area contributed by atoms with Crippen LogP contribution in [-0.4, -0.2) is 13.4 Å². The van der Waals surface area contributed by atoms with Gasteiger partial charge in [0.1, 0.15) is 4.90 Å². The Labute approximate surface area is 108 Å². The van der Waals surface area contributed by atoms with Crippen LogP contribution < -0.4 is 0 Å². The lowest BCUT2D eigenvalue weighted by Crippen LogP contribution is -1.92. The molecule has 0 aliphatic heterocycles. The highest BCUT2D eigenvalue weighted by Crippen LogP contribution is 2.22. The fourth-order valence-electron chi connectivity index (χ4n) is 1.34. The molecule has 0 N–H and O–H groups in total. The van der Waals surface area contributed by atoms with Gasteiger partial charge in [-0.3, -0.25) is 4.98 Å². The Bertz CT molecular complexity index is 639. The fourth-order valence-corrected chi connectivity index (χ4v) is 2.22. The molecule has 1 aromatic heterocycles. The first-order valence-corrected chi connectivity index (χ1v) is 7.32. The molecule has 2 aromatic rings. The Morgan fingerprint density at radius 2 is 1.88 bits per heavy atom. The topological polar surface area (TPSA) is 47.0 Å². The van der Waals surface area contributed by atoms with E-state index in [1.54, 1.807) is 24.3 Å². The average molecular weight is 288 g/mol. The van der Waals surface area contributed by atoms with Crippen molar-refractivity contribution in [1.29, 1.82) is 0 Å². The predicted octanol–water partition coefficient (Wildman–Crippen LogP) is 3.33. The van der Waals surface area contributed by atoms with E-state index in [0.717, 1.165) is 5.56 Å². The van der Waals surface area contributed by atoms with Gasteiger partial charge in [-0.1, -0.05) is 23.7 Å². The maximum atomic E-state index is 11.0. The van der Waals surface area contributed by atoms with Crippen molar-refractivity contribution in [3.63, 3.8) is 0 Å². The zero-order valence-electron chi connectivity index (χ0n) is 8.47. The molecule has 1 aromatic carbocycles. The van der Waals surface area contributed by atoms with Crippen LogP contribution in [0.2, 0.25) is 5.02 Å². The Balaban J connectivity index is 2.43. The van der Waals surface area contributed by atoms with E-state index in [1.165, 1.54) is 12.3 Å². The highest BCUT2D eigenvalue weighted by atomic mass is 35.7. The molecular formula is C11H7Cl2NO2S. The average Bonchev–Trinajstić information content (AvgIpc) is 2.28. The molecule has 1 heterocycles. The molecule has 88 valence electrons. The largest absolute Gasteiger partial charge is 0.262 e. The van der Waals surface area contributed by atoms with Crippen molar-refractivity contribution in [2.24, 2.45) is 0 Å². The monoisotopic (exact) mass is 287 g/mol. The van der Waals surface area contributed by atoms with E-state index < -0.39 is 9.05 Å². The van der Waals surface area contributed by atoms with Crippen molar-refractivity contribution in [2.45, 2.75) is 4.90 Å². The lowest BCUT2D eigenvalue weighted by Gasteiger charge is -2.02. The van der Waals surface area contributed by atoms with Crippen molar-refractivity contribution in [1.82, 2.24) is 4.98 Å². The van der Waals surface area contributed by atoms with E-state index in [4.69, 9.17) is 22.3 Å². The number of aromatic nitrogens is 1. The molecule has 6 heteroatoms. The standard InChI is InChI=1S/C11H7Cl2NO2S/c12-9-3-1-2-8(6-9)11-5-4-10(7-14-11)17(13,15)16/h1-7H. The van der Waals surface area contributed by atoms with Crippen LogP contribution in [0.15, 0.2) is 47.5 Å². The minimum absolute atomic E-state index is 0.0232.